The average Bonchev–Trinajstić information content (AvgIpc) is 2.61. The first-order valence-electron chi connectivity index (χ1n) is 7.17. The van der Waals surface area contributed by atoms with Gasteiger partial charge in [0.15, 0.2) is 0 Å². The van der Waals surface area contributed by atoms with E-state index in [1.165, 1.54) is 12.3 Å². The highest BCUT2D eigenvalue weighted by atomic mass is 79.9. The molecule has 0 aromatic heterocycles. The summed E-state index contributed by atoms with van der Waals surface area (Å²) in [7, 11) is 0. The lowest BCUT2D eigenvalue weighted by Gasteiger charge is -2.07. The van der Waals surface area contributed by atoms with Gasteiger partial charge in [-0.05, 0) is 24.3 Å². The van der Waals surface area contributed by atoms with Crippen molar-refractivity contribution in [1.29, 1.82) is 0 Å². The van der Waals surface area contributed by atoms with Gasteiger partial charge in [-0.15, -0.1) is 0 Å². The zero-order chi connectivity index (χ0) is 19.1. The van der Waals surface area contributed by atoms with E-state index in [0.717, 1.165) is 16.6 Å². The van der Waals surface area contributed by atoms with E-state index in [2.05, 4.69) is 33.0 Å². The number of nitrogens with one attached hydrogen (secondary N) is 1. The minimum atomic E-state index is -0.720. The van der Waals surface area contributed by atoms with Crippen LogP contribution in [-0.2, 0) is 0 Å². The van der Waals surface area contributed by atoms with Gasteiger partial charge in [0.05, 0.1) is 22.1 Å². The monoisotopic (exact) mass is 420 g/mol. The van der Waals surface area contributed by atoms with Crippen LogP contribution in [0.4, 0.5) is 17.1 Å². The number of non-ortho nitro benzene ring substituents is 1. The van der Waals surface area contributed by atoms with E-state index in [4.69, 9.17) is 4.74 Å². The van der Waals surface area contributed by atoms with E-state index in [-0.39, 0.29) is 11.4 Å². The number of benzene rings is 2. The number of hydrogen-bond donors (Lipinski definition) is 1. The molecule has 0 spiro atoms. The summed E-state index contributed by atoms with van der Waals surface area (Å²) in [5, 5.41) is 25.8. The molecule has 9 nitrogen and oxygen atoms in total. The summed E-state index contributed by atoms with van der Waals surface area (Å²) in [6.07, 6.45) is 3.02. The van der Waals surface area contributed by atoms with Gasteiger partial charge >= 0.3 is 5.69 Å². The van der Waals surface area contributed by atoms with Gasteiger partial charge in [0.1, 0.15) is 18.0 Å². The molecule has 0 amide bonds. The second kappa shape index (κ2) is 8.72. The maximum Gasteiger partial charge on any atom is 0.301 e. The standard InChI is InChI=1S/C16H13BrN4O5/c1-2-7-26-16-6-3-12(17)8-11(16)10-18-19-14-5-4-13(20(22)23)9-15(14)21(24)25/h2-6,8-10,19H,1,7H2/b18-10-. The second-order valence-corrected chi connectivity index (χ2v) is 5.78. The smallest absolute Gasteiger partial charge is 0.301 e. The molecule has 26 heavy (non-hydrogen) atoms. The van der Waals surface area contributed by atoms with E-state index < -0.39 is 15.5 Å². The lowest BCUT2D eigenvalue weighted by atomic mass is 10.2. The Labute approximate surface area is 156 Å². The summed E-state index contributed by atoms with van der Waals surface area (Å²) in [5.74, 6) is 0.553. The number of anilines is 1. The Hall–Kier alpha value is -3.27. The molecular formula is C16H13BrN4O5. The van der Waals surface area contributed by atoms with Crippen LogP contribution in [0.1, 0.15) is 5.56 Å². The van der Waals surface area contributed by atoms with Crippen LogP contribution in [0.3, 0.4) is 0 Å². The van der Waals surface area contributed by atoms with Gasteiger partial charge < -0.3 is 4.74 Å². The average molecular weight is 421 g/mol. The summed E-state index contributed by atoms with van der Waals surface area (Å²) in [6, 6.07) is 8.54. The fourth-order valence-corrected chi connectivity index (χ4v) is 2.33. The van der Waals surface area contributed by atoms with Gasteiger partial charge in [0, 0.05) is 16.1 Å². The predicted molar refractivity (Wildman–Crippen MR) is 101 cm³/mol. The number of nitro groups is 2. The molecule has 0 bridgehead atoms. The van der Waals surface area contributed by atoms with E-state index in [1.807, 2.05) is 0 Å². The first-order valence-corrected chi connectivity index (χ1v) is 7.97. The summed E-state index contributed by atoms with van der Waals surface area (Å²) >= 11 is 3.34. The second-order valence-electron chi connectivity index (χ2n) is 4.87. The number of nitrogens with zero attached hydrogens (tertiary/aromatic N) is 3. The lowest BCUT2D eigenvalue weighted by molar-refractivity contribution is -0.393. The molecule has 0 aliphatic heterocycles. The van der Waals surface area contributed by atoms with Crippen LogP contribution < -0.4 is 10.2 Å². The van der Waals surface area contributed by atoms with Crippen molar-refractivity contribution in [3.05, 3.63) is 79.3 Å². The molecule has 0 aliphatic carbocycles. The number of hydrogen-bond acceptors (Lipinski definition) is 7. The Morgan fingerprint density at radius 2 is 1.96 bits per heavy atom. The molecule has 0 fully saturated rings. The molecule has 2 aromatic rings. The molecule has 1 N–H and O–H groups in total. The third-order valence-corrected chi connectivity index (χ3v) is 3.60. The highest BCUT2D eigenvalue weighted by Gasteiger charge is 2.19. The molecule has 2 aromatic carbocycles. The minimum Gasteiger partial charge on any atom is -0.489 e. The van der Waals surface area contributed by atoms with Crippen molar-refractivity contribution in [3.63, 3.8) is 0 Å². The number of rotatable bonds is 8. The van der Waals surface area contributed by atoms with Crippen LogP contribution >= 0.6 is 15.9 Å². The fraction of sp³-hybridized carbons (Fsp3) is 0.0625. The molecule has 0 aliphatic rings. The van der Waals surface area contributed by atoms with Crippen molar-refractivity contribution >= 4 is 39.2 Å². The summed E-state index contributed by atoms with van der Waals surface area (Å²) in [5.41, 5.74) is 2.35. The van der Waals surface area contributed by atoms with Gasteiger partial charge in [-0.3, -0.25) is 25.7 Å². The van der Waals surface area contributed by atoms with Crippen molar-refractivity contribution in [3.8, 4) is 5.75 Å². The van der Waals surface area contributed by atoms with Crippen LogP contribution in [-0.4, -0.2) is 22.7 Å². The van der Waals surface area contributed by atoms with Gasteiger partial charge in [0.2, 0.25) is 0 Å². The number of nitro benzene ring substituents is 2. The SMILES string of the molecule is C=CCOc1ccc(Br)cc1/C=N\Nc1ccc([N+](=O)[O-])cc1[N+](=O)[O-]. The highest BCUT2D eigenvalue weighted by Crippen LogP contribution is 2.29. The van der Waals surface area contributed by atoms with E-state index in [1.54, 1.807) is 24.3 Å². The molecule has 0 atom stereocenters. The van der Waals surface area contributed by atoms with Crippen molar-refractivity contribution in [2.75, 3.05) is 12.0 Å². The molecule has 0 radical (unpaired) electrons. The van der Waals surface area contributed by atoms with Gasteiger partial charge in [-0.25, -0.2) is 0 Å². The zero-order valence-electron chi connectivity index (χ0n) is 13.3. The summed E-state index contributed by atoms with van der Waals surface area (Å²) in [6.45, 7) is 3.89. The highest BCUT2D eigenvalue weighted by molar-refractivity contribution is 9.10. The van der Waals surface area contributed by atoms with Crippen molar-refractivity contribution in [1.82, 2.24) is 0 Å². The van der Waals surface area contributed by atoms with Crippen LogP contribution in [0, 0.1) is 20.2 Å². The third kappa shape index (κ3) is 4.86. The Morgan fingerprint density at radius 3 is 2.62 bits per heavy atom. The Morgan fingerprint density at radius 1 is 1.19 bits per heavy atom. The van der Waals surface area contributed by atoms with E-state index >= 15 is 0 Å². The molecule has 0 unspecified atom stereocenters. The van der Waals surface area contributed by atoms with Gasteiger partial charge in [0.25, 0.3) is 5.69 Å². The quantitative estimate of drug-likeness (QED) is 0.294. The van der Waals surface area contributed by atoms with Gasteiger partial charge in [-0.1, -0.05) is 28.6 Å². The molecule has 0 saturated carbocycles. The van der Waals surface area contributed by atoms with E-state index in [0.29, 0.717) is 17.9 Å². The maximum atomic E-state index is 11.1. The van der Waals surface area contributed by atoms with Crippen molar-refractivity contribution < 1.29 is 14.6 Å². The molecular weight excluding hydrogens is 408 g/mol. The Bertz CT molecular complexity index is 885. The third-order valence-electron chi connectivity index (χ3n) is 3.11. The number of halogens is 1. The molecule has 0 saturated heterocycles. The van der Waals surface area contributed by atoms with Crippen LogP contribution in [0.2, 0.25) is 0 Å². The maximum absolute atomic E-state index is 11.1. The largest absolute Gasteiger partial charge is 0.489 e. The fourth-order valence-electron chi connectivity index (χ4n) is 1.95. The molecule has 2 rings (SSSR count). The number of hydrazone groups is 1. The minimum absolute atomic E-state index is 0.0282. The van der Waals surface area contributed by atoms with Crippen LogP contribution in [0.15, 0.2) is 58.6 Å². The first-order chi connectivity index (χ1) is 12.4. The zero-order valence-corrected chi connectivity index (χ0v) is 14.9. The lowest BCUT2D eigenvalue weighted by Crippen LogP contribution is -2.00. The van der Waals surface area contributed by atoms with Crippen molar-refractivity contribution in [2.24, 2.45) is 5.10 Å². The summed E-state index contributed by atoms with van der Waals surface area (Å²) < 4.78 is 6.30. The predicted octanol–water partition coefficient (Wildman–Crippen LogP) is 4.28. The topological polar surface area (TPSA) is 120 Å². The normalized spacial score (nSPS) is 10.5. The first kappa shape index (κ1) is 19.1. The Balaban J connectivity index is 2.25. The van der Waals surface area contributed by atoms with Gasteiger partial charge in [-0.2, -0.15) is 5.10 Å². The molecule has 0 heterocycles. The van der Waals surface area contributed by atoms with Crippen LogP contribution in [0.5, 0.6) is 5.75 Å². The molecule has 134 valence electrons. The van der Waals surface area contributed by atoms with Crippen LogP contribution in [0.25, 0.3) is 0 Å². The molecule has 10 heteroatoms. The van der Waals surface area contributed by atoms with Crippen molar-refractivity contribution in [2.45, 2.75) is 0 Å². The Kier molecular flexibility index (Phi) is 6.39. The summed E-state index contributed by atoms with van der Waals surface area (Å²) in [4.78, 5) is 20.4. The van der Waals surface area contributed by atoms with E-state index in [9.17, 15) is 20.2 Å². The number of ether oxygens (including phenoxy) is 1.